The number of rotatable bonds is 9. The molecule has 0 radical (unpaired) electrons. The number of oxime groups is 1. The minimum atomic E-state index is -0.0207. The van der Waals surface area contributed by atoms with Gasteiger partial charge in [0, 0.05) is 25.1 Å². The summed E-state index contributed by atoms with van der Waals surface area (Å²) < 4.78 is 11.2. The maximum atomic E-state index is 12.4. The fourth-order valence-corrected chi connectivity index (χ4v) is 3.88. The summed E-state index contributed by atoms with van der Waals surface area (Å²) in [6.45, 7) is 6.85. The molecule has 1 saturated heterocycles. The van der Waals surface area contributed by atoms with E-state index >= 15 is 0 Å². The number of hydrogen-bond acceptors (Lipinski definition) is 5. The Labute approximate surface area is 207 Å². The van der Waals surface area contributed by atoms with E-state index in [1.54, 1.807) is 4.90 Å². The molecule has 1 amide bonds. The standard InChI is InChI=1S/C29H32N2O4/c1-22-8-10-25(11-9-22)20-35-30-27(19-24-6-4-3-5-7-24)26-12-13-28(23(2)18-26)34-21-29(32)31-14-16-33-17-15-31/h3-13,18H,14-17,19-21H2,1-2H3. The molecule has 0 unspecified atom stereocenters. The molecule has 0 aromatic heterocycles. The topological polar surface area (TPSA) is 60.4 Å². The van der Waals surface area contributed by atoms with Crippen molar-refractivity contribution in [2.24, 2.45) is 5.16 Å². The molecule has 6 nitrogen and oxygen atoms in total. The monoisotopic (exact) mass is 472 g/mol. The molecule has 0 N–H and O–H groups in total. The van der Waals surface area contributed by atoms with Gasteiger partial charge in [0.1, 0.15) is 12.4 Å². The molecular weight excluding hydrogens is 440 g/mol. The quantitative estimate of drug-likeness (QED) is 0.334. The SMILES string of the molecule is Cc1ccc(CON=C(Cc2ccccc2)c2ccc(OCC(=O)N3CCOCC3)c(C)c2)cc1. The van der Waals surface area contributed by atoms with E-state index in [1.165, 1.54) is 5.56 Å². The van der Waals surface area contributed by atoms with Crippen molar-refractivity contribution in [2.75, 3.05) is 32.9 Å². The van der Waals surface area contributed by atoms with Crippen molar-refractivity contribution in [2.45, 2.75) is 26.9 Å². The molecule has 0 spiro atoms. The largest absolute Gasteiger partial charge is 0.483 e. The van der Waals surface area contributed by atoms with Crippen molar-refractivity contribution >= 4 is 11.6 Å². The summed E-state index contributed by atoms with van der Waals surface area (Å²) in [4.78, 5) is 20.0. The summed E-state index contributed by atoms with van der Waals surface area (Å²) in [6.07, 6.45) is 0.643. The normalized spacial score (nSPS) is 14.0. The van der Waals surface area contributed by atoms with Crippen molar-refractivity contribution in [3.63, 3.8) is 0 Å². The van der Waals surface area contributed by atoms with Crippen molar-refractivity contribution in [1.82, 2.24) is 4.90 Å². The maximum Gasteiger partial charge on any atom is 0.260 e. The van der Waals surface area contributed by atoms with E-state index in [0.717, 1.165) is 28.0 Å². The number of hydrogen-bond donors (Lipinski definition) is 0. The highest BCUT2D eigenvalue weighted by atomic mass is 16.6. The Morgan fingerprint density at radius 2 is 1.69 bits per heavy atom. The second-order valence-electron chi connectivity index (χ2n) is 8.72. The first kappa shape index (κ1) is 24.5. The van der Waals surface area contributed by atoms with Crippen LogP contribution >= 0.6 is 0 Å². The van der Waals surface area contributed by atoms with Crippen LogP contribution in [0.2, 0.25) is 0 Å². The van der Waals surface area contributed by atoms with E-state index in [4.69, 9.17) is 14.3 Å². The first-order valence-corrected chi connectivity index (χ1v) is 12.0. The van der Waals surface area contributed by atoms with Crippen LogP contribution in [0.3, 0.4) is 0 Å². The lowest BCUT2D eigenvalue weighted by molar-refractivity contribution is -0.137. The van der Waals surface area contributed by atoms with Crippen molar-refractivity contribution in [3.8, 4) is 5.75 Å². The zero-order valence-corrected chi connectivity index (χ0v) is 20.4. The van der Waals surface area contributed by atoms with Crippen LogP contribution in [0.1, 0.15) is 27.8 Å². The first-order chi connectivity index (χ1) is 17.1. The molecule has 0 atom stereocenters. The number of carbonyl (C=O) groups excluding carboxylic acids is 1. The molecule has 3 aromatic rings. The smallest absolute Gasteiger partial charge is 0.260 e. The predicted molar refractivity (Wildman–Crippen MR) is 137 cm³/mol. The fourth-order valence-electron chi connectivity index (χ4n) is 3.88. The number of morpholine rings is 1. The molecule has 1 fully saturated rings. The molecule has 3 aromatic carbocycles. The Bertz CT molecular complexity index is 1140. The van der Waals surface area contributed by atoms with Gasteiger partial charge in [-0.25, -0.2) is 0 Å². The van der Waals surface area contributed by atoms with Gasteiger partial charge in [-0.3, -0.25) is 4.79 Å². The fraction of sp³-hybridized carbons (Fsp3) is 0.310. The lowest BCUT2D eigenvalue weighted by atomic mass is 10.0. The van der Waals surface area contributed by atoms with Crippen LogP contribution in [0, 0.1) is 13.8 Å². The van der Waals surface area contributed by atoms with Gasteiger partial charge in [0.25, 0.3) is 5.91 Å². The van der Waals surface area contributed by atoms with Crippen LogP contribution in [-0.2, 0) is 27.4 Å². The summed E-state index contributed by atoms with van der Waals surface area (Å²) in [6, 6.07) is 24.4. The van der Waals surface area contributed by atoms with E-state index in [2.05, 4.69) is 48.5 Å². The van der Waals surface area contributed by atoms with Gasteiger partial charge >= 0.3 is 0 Å². The van der Waals surface area contributed by atoms with Crippen molar-refractivity contribution < 1.29 is 19.1 Å². The summed E-state index contributed by atoms with van der Waals surface area (Å²) in [7, 11) is 0. The first-order valence-electron chi connectivity index (χ1n) is 12.0. The highest BCUT2D eigenvalue weighted by Crippen LogP contribution is 2.21. The summed E-state index contributed by atoms with van der Waals surface area (Å²) in [5, 5.41) is 4.52. The van der Waals surface area contributed by atoms with Gasteiger partial charge in [-0.05, 0) is 48.7 Å². The Kier molecular flexibility index (Phi) is 8.52. The van der Waals surface area contributed by atoms with E-state index < -0.39 is 0 Å². The summed E-state index contributed by atoms with van der Waals surface area (Å²) in [5.41, 5.74) is 6.18. The van der Waals surface area contributed by atoms with Crippen LogP contribution in [0.5, 0.6) is 5.75 Å². The van der Waals surface area contributed by atoms with Crippen LogP contribution in [-0.4, -0.2) is 49.4 Å². The number of ether oxygens (including phenoxy) is 2. The molecule has 0 aliphatic carbocycles. The number of carbonyl (C=O) groups is 1. The average molecular weight is 473 g/mol. The van der Waals surface area contributed by atoms with E-state index in [0.29, 0.717) is 45.1 Å². The summed E-state index contributed by atoms with van der Waals surface area (Å²) >= 11 is 0. The molecule has 35 heavy (non-hydrogen) atoms. The third kappa shape index (κ3) is 7.17. The predicted octanol–water partition coefficient (Wildman–Crippen LogP) is 4.70. The van der Waals surface area contributed by atoms with Gasteiger partial charge in [0.15, 0.2) is 6.61 Å². The van der Waals surface area contributed by atoms with Crippen LogP contribution in [0.15, 0.2) is 78.0 Å². The van der Waals surface area contributed by atoms with Crippen molar-refractivity contribution in [1.29, 1.82) is 0 Å². The van der Waals surface area contributed by atoms with Gasteiger partial charge in [0.05, 0.1) is 18.9 Å². The molecule has 182 valence electrons. The molecule has 1 heterocycles. The second-order valence-corrected chi connectivity index (χ2v) is 8.72. The van der Waals surface area contributed by atoms with Gasteiger partial charge in [-0.1, -0.05) is 65.3 Å². The van der Waals surface area contributed by atoms with Crippen LogP contribution < -0.4 is 4.74 Å². The van der Waals surface area contributed by atoms with Gasteiger partial charge in [0.2, 0.25) is 0 Å². The number of amides is 1. The highest BCUT2D eigenvalue weighted by Gasteiger charge is 2.18. The molecule has 1 aliphatic rings. The van der Waals surface area contributed by atoms with E-state index in [9.17, 15) is 4.79 Å². The molecule has 4 rings (SSSR count). The maximum absolute atomic E-state index is 12.4. The Morgan fingerprint density at radius 3 is 2.40 bits per heavy atom. The lowest BCUT2D eigenvalue weighted by Gasteiger charge is -2.26. The minimum absolute atomic E-state index is 0.0187. The number of aryl methyl sites for hydroxylation is 2. The van der Waals surface area contributed by atoms with E-state index in [1.807, 2.05) is 43.3 Å². The Morgan fingerprint density at radius 1 is 0.943 bits per heavy atom. The number of nitrogens with zero attached hydrogens (tertiary/aromatic N) is 2. The zero-order chi connectivity index (χ0) is 24.5. The minimum Gasteiger partial charge on any atom is -0.483 e. The Balaban J connectivity index is 1.45. The second kappa shape index (κ2) is 12.2. The molecule has 0 saturated carbocycles. The Hall–Kier alpha value is -3.64. The molecule has 1 aliphatic heterocycles. The summed E-state index contributed by atoms with van der Waals surface area (Å²) in [5.74, 6) is 0.669. The third-order valence-corrected chi connectivity index (χ3v) is 5.96. The van der Waals surface area contributed by atoms with Crippen LogP contribution in [0.4, 0.5) is 0 Å². The molecule has 0 bridgehead atoms. The third-order valence-electron chi connectivity index (χ3n) is 5.96. The lowest BCUT2D eigenvalue weighted by Crippen LogP contribution is -2.43. The molecule has 6 heteroatoms. The highest BCUT2D eigenvalue weighted by molar-refractivity contribution is 6.01. The van der Waals surface area contributed by atoms with E-state index in [-0.39, 0.29) is 12.5 Å². The van der Waals surface area contributed by atoms with Gasteiger partial charge in [-0.2, -0.15) is 0 Å². The van der Waals surface area contributed by atoms with Gasteiger partial charge < -0.3 is 19.2 Å². The van der Waals surface area contributed by atoms with Crippen molar-refractivity contribution in [3.05, 3.63) is 101 Å². The van der Waals surface area contributed by atoms with Crippen LogP contribution in [0.25, 0.3) is 0 Å². The molecular formula is C29H32N2O4. The number of benzene rings is 3. The average Bonchev–Trinajstić information content (AvgIpc) is 2.89. The van der Waals surface area contributed by atoms with Gasteiger partial charge in [-0.15, -0.1) is 0 Å². The zero-order valence-electron chi connectivity index (χ0n) is 20.4.